The van der Waals surface area contributed by atoms with Gasteiger partial charge in [0.1, 0.15) is 5.60 Å². The first kappa shape index (κ1) is 20.4. The van der Waals surface area contributed by atoms with Gasteiger partial charge in [-0.15, -0.1) is 0 Å². The lowest BCUT2D eigenvalue weighted by molar-refractivity contribution is 0.0221. The Labute approximate surface area is 168 Å². The Morgan fingerprint density at radius 1 is 1.07 bits per heavy atom. The third-order valence-corrected chi connectivity index (χ3v) is 5.68. The van der Waals surface area contributed by atoms with Gasteiger partial charge < -0.3 is 15.7 Å². The fraction of sp³-hybridized carbons (Fsp3) is 0.458. The molecule has 1 atom stereocenters. The van der Waals surface area contributed by atoms with Gasteiger partial charge in [-0.3, -0.25) is 0 Å². The second kappa shape index (κ2) is 8.36. The van der Waals surface area contributed by atoms with Gasteiger partial charge >= 0.3 is 6.03 Å². The summed E-state index contributed by atoms with van der Waals surface area (Å²) in [7, 11) is 0. The number of amides is 2. The van der Waals surface area contributed by atoms with Crippen LogP contribution in [0.3, 0.4) is 0 Å². The number of rotatable bonds is 5. The second-order valence-corrected chi connectivity index (χ2v) is 8.47. The molecule has 0 radical (unpaired) electrons. The van der Waals surface area contributed by atoms with Gasteiger partial charge in [-0.1, -0.05) is 64.1 Å². The molecule has 0 bridgehead atoms. The Bertz CT molecular complexity index is 844. The van der Waals surface area contributed by atoms with E-state index in [4.69, 9.17) is 0 Å². The van der Waals surface area contributed by atoms with Gasteiger partial charge in [0.15, 0.2) is 0 Å². The summed E-state index contributed by atoms with van der Waals surface area (Å²) in [5, 5.41) is 17.1. The van der Waals surface area contributed by atoms with Gasteiger partial charge in [-0.05, 0) is 59.4 Å². The molecule has 2 aromatic carbocycles. The normalized spacial score (nSPS) is 18.8. The van der Waals surface area contributed by atoms with E-state index in [1.807, 2.05) is 30.3 Å². The minimum Gasteiger partial charge on any atom is -0.383 e. The predicted molar refractivity (Wildman–Crippen MR) is 115 cm³/mol. The van der Waals surface area contributed by atoms with Crippen molar-refractivity contribution in [1.82, 2.24) is 5.32 Å². The molecular formula is C24H32N2O2. The molecule has 2 amide bonds. The monoisotopic (exact) mass is 380 g/mol. The van der Waals surface area contributed by atoms with Crippen LogP contribution in [-0.4, -0.2) is 17.7 Å². The highest BCUT2D eigenvalue weighted by Gasteiger charge is 2.34. The highest BCUT2D eigenvalue weighted by Crippen LogP contribution is 2.35. The summed E-state index contributed by atoms with van der Waals surface area (Å²) in [6, 6.07) is 13.8. The van der Waals surface area contributed by atoms with Gasteiger partial charge in [0, 0.05) is 5.69 Å². The van der Waals surface area contributed by atoms with Crippen molar-refractivity contribution in [3.05, 3.63) is 64.7 Å². The average Bonchev–Trinajstić information content (AvgIpc) is 2.66. The van der Waals surface area contributed by atoms with Gasteiger partial charge in [0.2, 0.25) is 0 Å². The standard InChI is InChI=1S/C24H32N2O2/c1-16(2)19-11-7-13-21(22(19)17(3)4)26-23(27)25-15-24(28)14-8-10-18-9-5-6-12-20(18)24/h5-7,9,11-13,16-17,28H,8,10,14-15H2,1-4H3,(H2,25,26,27). The fourth-order valence-electron chi connectivity index (χ4n) is 4.31. The maximum Gasteiger partial charge on any atom is 0.319 e. The molecule has 0 fully saturated rings. The Balaban J connectivity index is 1.73. The van der Waals surface area contributed by atoms with E-state index in [-0.39, 0.29) is 12.6 Å². The van der Waals surface area contributed by atoms with Crippen LogP contribution in [0.2, 0.25) is 0 Å². The molecule has 2 aromatic rings. The number of fused-ring (bicyclic) bond motifs is 1. The number of aliphatic hydroxyl groups is 1. The van der Waals surface area contributed by atoms with Crippen molar-refractivity contribution >= 4 is 11.7 Å². The molecule has 0 spiro atoms. The molecule has 1 aliphatic rings. The van der Waals surface area contributed by atoms with Crippen LogP contribution in [0, 0.1) is 0 Å². The third-order valence-electron chi connectivity index (χ3n) is 5.68. The Morgan fingerprint density at radius 2 is 1.82 bits per heavy atom. The van der Waals surface area contributed by atoms with Crippen molar-refractivity contribution in [3.8, 4) is 0 Å². The average molecular weight is 381 g/mol. The number of carbonyl (C=O) groups is 1. The summed E-state index contributed by atoms with van der Waals surface area (Å²) in [6.45, 7) is 8.83. The molecule has 150 valence electrons. The van der Waals surface area contributed by atoms with Gasteiger partial charge in [0.25, 0.3) is 0 Å². The number of aryl methyl sites for hydroxylation is 1. The number of hydrogen-bond donors (Lipinski definition) is 3. The first-order valence-corrected chi connectivity index (χ1v) is 10.3. The lowest BCUT2D eigenvalue weighted by Crippen LogP contribution is -2.44. The summed E-state index contributed by atoms with van der Waals surface area (Å²) < 4.78 is 0. The van der Waals surface area contributed by atoms with Crippen molar-refractivity contribution < 1.29 is 9.90 Å². The lowest BCUT2D eigenvalue weighted by atomic mass is 9.79. The maximum atomic E-state index is 12.6. The first-order valence-electron chi connectivity index (χ1n) is 10.3. The van der Waals surface area contributed by atoms with Crippen LogP contribution >= 0.6 is 0 Å². The molecule has 0 saturated heterocycles. The number of anilines is 1. The topological polar surface area (TPSA) is 61.4 Å². The van der Waals surface area contributed by atoms with Crippen LogP contribution in [0.15, 0.2) is 42.5 Å². The second-order valence-electron chi connectivity index (χ2n) is 8.47. The molecule has 28 heavy (non-hydrogen) atoms. The summed E-state index contributed by atoms with van der Waals surface area (Å²) >= 11 is 0. The van der Waals surface area contributed by atoms with E-state index in [1.165, 1.54) is 16.7 Å². The Kier molecular flexibility index (Phi) is 6.09. The van der Waals surface area contributed by atoms with Gasteiger partial charge in [-0.2, -0.15) is 0 Å². The molecule has 1 aliphatic carbocycles. The zero-order valence-corrected chi connectivity index (χ0v) is 17.4. The Hall–Kier alpha value is -2.33. The number of nitrogens with one attached hydrogen (secondary N) is 2. The highest BCUT2D eigenvalue weighted by molar-refractivity contribution is 5.90. The van der Waals surface area contributed by atoms with Crippen LogP contribution in [0.25, 0.3) is 0 Å². The molecule has 0 saturated carbocycles. The lowest BCUT2D eigenvalue weighted by Gasteiger charge is -2.34. The molecule has 4 nitrogen and oxygen atoms in total. The summed E-state index contributed by atoms with van der Waals surface area (Å²) in [4.78, 5) is 12.6. The van der Waals surface area contributed by atoms with Crippen molar-refractivity contribution in [2.45, 2.75) is 64.4 Å². The minimum atomic E-state index is -1.01. The van der Waals surface area contributed by atoms with E-state index in [1.54, 1.807) is 0 Å². The van der Waals surface area contributed by atoms with E-state index >= 15 is 0 Å². The summed E-state index contributed by atoms with van der Waals surface area (Å²) in [5.41, 5.74) is 4.38. The van der Waals surface area contributed by atoms with E-state index in [0.717, 1.165) is 24.1 Å². The zero-order chi connectivity index (χ0) is 20.3. The van der Waals surface area contributed by atoms with Crippen molar-refractivity contribution in [3.63, 3.8) is 0 Å². The zero-order valence-electron chi connectivity index (χ0n) is 17.4. The quantitative estimate of drug-likeness (QED) is 0.661. The Morgan fingerprint density at radius 3 is 2.54 bits per heavy atom. The fourth-order valence-corrected chi connectivity index (χ4v) is 4.31. The van der Waals surface area contributed by atoms with Crippen molar-refractivity contribution in [2.75, 3.05) is 11.9 Å². The SMILES string of the molecule is CC(C)c1cccc(NC(=O)NCC2(O)CCCc3ccccc32)c1C(C)C. The molecule has 4 heteroatoms. The van der Waals surface area contributed by atoms with Crippen molar-refractivity contribution in [2.24, 2.45) is 0 Å². The maximum absolute atomic E-state index is 12.6. The van der Waals surface area contributed by atoms with Gasteiger partial charge in [0.05, 0.1) is 6.54 Å². The molecule has 3 N–H and O–H groups in total. The minimum absolute atomic E-state index is 0.205. The number of hydrogen-bond acceptors (Lipinski definition) is 2. The van der Waals surface area contributed by atoms with Crippen LogP contribution in [0.1, 0.15) is 74.6 Å². The van der Waals surface area contributed by atoms with Crippen LogP contribution < -0.4 is 10.6 Å². The molecule has 0 aromatic heterocycles. The molecular weight excluding hydrogens is 348 g/mol. The first-order chi connectivity index (χ1) is 13.3. The highest BCUT2D eigenvalue weighted by atomic mass is 16.3. The summed E-state index contributed by atoms with van der Waals surface area (Å²) in [5.74, 6) is 0.699. The molecule has 0 aliphatic heterocycles. The van der Waals surface area contributed by atoms with Crippen LogP contribution in [-0.2, 0) is 12.0 Å². The number of urea groups is 1. The summed E-state index contributed by atoms with van der Waals surface area (Å²) in [6.07, 6.45) is 2.56. The third kappa shape index (κ3) is 4.22. The van der Waals surface area contributed by atoms with E-state index in [0.29, 0.717) is 18.3 Å². The number of benzene rings is 2. The van der Waals surface area contributed by atoms with Gasteiger partial charge in [-0.25, -0.2) is 4.79 Å². The molecule has 3 rings (SSSR count). The largest absolute Gasteiger partial charge is 0.383 e. The number of carbonyl (C=O) groups excluding carboxylic acids is 1. The molecule has 0 heterocycles. The molecule has 1 unspecified atom stereocenters. The van der Waals surface area contributed by atoms with Crippen molar-refractivity contribution in [1.29, 1.82) is 0 Å². The van der Waals surface area contributed by atoms with E-state index < -0.39 is 5.60 Å². The smallest absolute Gasteiger partial charge is 0.319 e. The predicted octanol–water partition coefficient (Wildman–Crippen LogP) is 5.28. The van der Waals surface area contributed by atoms with E-state index in [9.17, 15) is 9.90 Å². The van der Waals surface area contributed by atoms with Crippen LogP contribution in [0.4, 0.5) is 10.5 Å². The van der Waals surface area contributed by atoms with E-state index in [2.05, 4.69) is 50.5 Å². The van der Waals surface area contributed by atoms with Crippen LogP contribution in [0.5, 0.6) is 0 Å².